The van der Waals surface area contributed by atoms with Gasteiger partial charge in [0, 0.05) is 6.92 Å². The summed E-state index contributed by atoms with van der Waals surface area (Å²) in [7, 11) is 0. The summed E-state index contributed by atoms with van der Waals surface area (Å²) in [6.45, 7) is 5.19. The number of benzene rings is 1. The van der Waals surface area contributed by atoms with Crippen LogP contribution in [0.2, 0.25) is 5.02 Å². The van der Waals surface area contributed by atoms with E-state index in [9.17, 15) is 9.18 Å². The molecule has 0 N–H and O–H groups in total. The number of rotatable bonds is 4. The number of carbonyl (C=O) groups is 1. The van der Waals surface area contributed by atoms with Crippen molar-refractivity contribution >= 4 is 23.5 Å². The van der Waals surface area contributed by atoms with Crippen LogP contribution in [0.1, 0.15) is 30.0 Å². The lowest BCUT2D eigenvalue weighted by Gasteiger charge is -2.05. The molecule has 0 bridgehead atoms. The molecule has 0 spiro atoms. The zero-order valence-corrected chi connectivity index (χ0v) is 13.5. The number of carbonyl (C=O) groups excluding carboxylic acids is 1. The van der Waals surface area contributed by atoms with Gasteiger partial charge in [0.05, 0.1) is 17.2 Å². The number of ether oxygens (including phenoxy) is 1. The molecule has 6 nitrogen and oxygen atoms in total. The lowest BCUT2D eigenvalue weighted by molar-refractivity contribution is 0.0500. The minimum atomic E-state index is -0.850. The molecule has 2 rings (SSSR count). The zero-order valence-electron chi connectivity index (χ0n) is 12.7. The van der Waals surface area contributed by atoms with Crippen LogP contribution < -0.4 is 0 Å². The summed E-state index contributed by atoms with van der Waals surface area (Å²) in [6.07, 6.45) is 0. The van der Waals surface area contributed by atoms with E-state index >= 15 is 0 Å². The van der Waals surface area contributed by atoms with Gasteiger partial charge in [0.25, 0.3) is 0 Å². The summed E-state index contributed by atoms with van der Waals surface area (Å²) in [6, 6.07) is 4.13. The highest BCUT2D eigenvalue weighted by atomic mass is 35.5. The molecular weight excluding hydrogens is 327 g/mol. The maximum atomic E-state index is 14.0. The smallest absolute Gasteiger partial charge is 0.371 e. The molecule has 23 heavy (non-hydrogen) atoms. The first-order chi connectivity index (χ1) is 11.0. The zero-order chi connectivity index (χ0) is 17.0. The number of hydrogen-bond donors (Lipinski definition) is 0. The van der Waals surface area contributed by atoms with Gasteiger partial charge in [-0.05, 0) is 31.1 Å². The minimum Gasteiger partial charge on any atom is -0.479 e. The molecule has 0 fully saturated rings. The number of oxime groups is 1. The van der Waals surface area contributed by atoms with Gasteiger partial charge in [-0.15, -0.1) is 0 Å². The van der Waals surface area contributed by atoms with Gasteiger partial charge in [0.15, 0.2) is 0 Å². The fourth-order valence-electron chi connectivity index (χ4n) is 1.89. The van der Waals surface area contributed by atoms with Gasteiger partial charge in [-0.1, -0.05) is 22.8 Å². The molecule has 0 aliphatic rings. The van der Waals surface area contributed by atoms with Crippen molar-refractivity contribution in [2.75, 3.05) is 6.61 Å². The Morgan fingerprint density at radius 3 is 2.87 bits per heavy atom. The summed E-state index contributed by atoms with van der Waals surface area (Å²) in [4.78, 5) is 17.0. The Morgan fingerprint density at radius 1 is 1.48 bits per heavy atom. The molecule has 0 aliphatic heterocycles. The quantitative estimate of drug-likeness (QED) is 0.364. The largest absolute Gasteiger partial charge is 0.479 e. The van der Waals surface area contributed by atoms with E-state index in [2.05, 4.69) is 10.3 Å². The summed E-state index contributed by atoms with van der Waals surface area (Å²) in [5.74, 6) is -1.14. The third-order valence-electron chi connectivity index (χ3n) is 2.88. The average Bonchev–Trinajstić information content (AvgIpc) is 2.87. The number of halogens is 2. The van der Waals surface area contributed by atoms with E-state index in [0.29, 0.717) is 6.61 Å². The van der Waals surface area contributed by atoms with Crippen molar-refractivity contribution in [1.82, 2.24) is 5.16 Å². The lowest BCUT2D eigenvalue weighted by atomic mass is 10.1. The Balaban J connectivity index is 2.40. The third-order valence-corrected chi connectivity index (χ3v) is 3.19. The maximum absolute atomic E-state index is 14.0. The molecule has 1 aromatic carbocycles. The molecule has 0 amide bonds. The van der Waals surface area contributed by atoms with Gasteiger partial charge >= 0.3 is 5.97 Å². The second-order valence-electron chi connectivity index (χ2n) is 4.48. The Labute approximate surface area is 136 Å². The molecule has 1 aromatic heterocycles. The molecule has 0 saturated heterocycles. The second-order valence-corrected chi connectivity index (χ2v) is 4.89. The molecule has 0 unspecified atom stereocenters. The Morgan fingerprint density at radius 2 is 2.22 bits per heavy atom. The van der Waals surface area contributed by atoms with E-state index < -0.39 is 11.8 Å². The molecule has 0 radical (unpaired) electrons. The molecule has 0 atom stereocenters. The first kappa shape index (κ1) is 17.0. The average molecular weight is 341 g/mol. The van der Waals surface area contributed by atoms with Gasteiger partial charge in [-0.25, -0.2) is 9.18 Å². The Hall–Kier alpha value is -2.41. The maximum Gasteiger partial charge on any atom is 0.371 e. The standard InChI is InChI=1S/C15H14ClFN2O4/c1-4-21-9(3)18-23-15(20)12-8(2)22-19-14(12)13-10(16)6-5-7-11(13)17/h5-7H,4H2,1-3H3/b18-9-. The van der Waals surface area contributed by atoms with Crippen molar-refractivity contribution in [1.29, 1.82) is 0 Å². The van der Waals surface area contributed by atoms with Crippen LogP contribution in [-0.2, 0) is 9.57 Å². The first-order valence-electron chi connectivity index (χ1n) is 6.75. The van der Waals surface area contributed by atoms with Crippen molar-refractivity contribution in [3.63, 3.8) is 0 Å². The predicted molar refractivity (Wildman–Crippen MR) is 81.8 cm³/mol. The molecule has 2 aromatic rings. The van der Waals surface area contributed by atoms with Crippen LogP contribution in [0.15, 0.2) is 27.9 Å². The number of hydrogen-bond acceptors (Lipinski definition) is 6. The second kappa shape index (κ2) is 7.23. The van der Waals surface area contributed by atoms with E-state index in [-0.39, 0.29) is 33.5 Å². The third kappa shape index (κ3) is 3.68. The SMILES string of the molecule is CCO/C(C)=N\OC(=O)c1c(-c2c(F)cccc2Cl)noc1C. The van der Waals surface area contributed by atoms with E-state index in [1.807, 2.05) is 0 Å². The molecular formula is C15H14ClFN2O4. The van der Waals surface area contributed by atoms with Crippen LogP contribution in [0.4, 0.5) is 4.39 Å². The first-order valence-corrected chi connectivity index (χ1v) is 7.12. The molecule has 0 saturated carbocycles. The van der Waals surface area contributed by atoms with Gasteiger partial charge < -0.3 is 14.1 Å². The predicted octanol–water partition coefficient (Wildman–Crippen LogP) is 3.97. The number of nitrogens with zero attached hydrogens (tertiary/aromatic N) is 2. The monoisotopic (exact) mass is 340 g/mol. The van der Waals surface area contributed by atoms with E-state index in [1.54, 1.807) is 6.92 Å². The topological polar surface area (TPSA) is 73.9 Å². The summed E-state index contributed by atoms with van der Waals surface area (Å²) < 4.78 is 24.1. The van der Waals surface area contributed by atoms with E-state index in [4.69, 9.17) is 25.7 Å². The summed E-state index contributed by atoms with van der Waals surface area (Å²) in [5, 5.41) is 7.35. The van der Waals surface area contributed by atoms with Gasteiger partial charge in [-0.3, -0.25) is 0 Å². The normalized spacial score (nSPS) is 11.4. The van der Waals surface area contributed by atoms with Crippen LogP contribution in [0.5, 0.6) is 0 Å². The van der Waals surface area contributed by atoms with Gasteiger partial charge in [-0.2, -0.15) is 0 Å². The summed E-state index contributed by atoms with van der Waals surface area (Å²) in [5.41, 5.74) is -0.131. The highest BCUT2D eigenvalue weighted by Crippen LogP contribution is 2.33. The van der Waals surface area contributed by atoms with Crippen LogP contribution in [0, 0.1) is 12.7 Å². The van der Waals surface area contributed by atoms with Crippen molar-refractivity contribution in [3.8, 4) is 11.3 Å². The lowest BCUT2D eigenvalue weighted by Crippen LogP contribution is -2.07. The van der Waals surface area contributed by atoms with E-state index in [1.165, 1.54) is 32.0 Å². The summed E-state index contributed by atoms with van der Waals surface area (Å²) >= 11 is 6.00. The molecule has 0 aliphatic carbocycles. The van der Waals surface area contributed by atoms with Crippen molar-refractivity contribution in [3.05, 3.63) is 40.4 Å². The minimum absolute atomic E-state index is 0.0384. The molecule has 122 valence electrons. The van der Waals surface area contributed by atoms with Crippen LogP contribution in [-0.4, -0.2) is 23.6 Å². The fourth-order valence-corrected chi connectivity index (χ4v) is 2.15. The molecule has 8 heteroatoms. The highest BCUT2D eigenvalue weighted by molar-refractivity contribution is 6.33. The highest BCUT2D eigenvalue weighted by Gasteiger charge is 2.26. The fraction of sp³-hybridized carbons (Fsp3) is 0.267. The van der Waals surface area contributed by atoms with Crippen LogP contribution >= 0.6 is 11.6 Å². The van der Waals surface area contributed by atoms with Crippen molar-refractivity contribution in [2.24, 2.45) is 5.16 Å². The van der Waals surface area contributed by atoms with Crippen LogP contribution in [0.3, 0.4) is 0 Å². The van der Waals surface area contributed by atoms with Gasteiger partial charge in [0.2, 0.25) is 5.90 Å². The van der Waals surface area contributed by atoms with Gasteiger partial charge in [0.1, 0.15) is 22.8 Å². The Bertz CT molecular complexity index is 738. The van der Waals surface area contributed by atoms with E-state index in [0.717, 1.165) is 0 Å². The Kier molecular flexibility index (Phi) is 5.33. The number of aromatic nitrogens is 1. The van der Waals surface area contributed by atoms with Crippen molar-refractivity contribution in [2.45, 2.75) is 20.8 Å². The van der Waals surface area contributed by atoms with Crippen LogP contribution in [0.25, 0.3) is 11.3 Å². The number of aryl methyl sites for hydroxylation is 1. The molecule has 1 heterocycles. The van der Waals surface area contributed by atoms with Crippen molar-refractivity contribution < 1.29 is 23.3 Å².